The molecule has 2 aromatic rings. The summed E-state index contributed by atoms with van der Waals surface area (Å²) in [6.45, 7) is 10.3. The number of piperazine rings is 1. The van der Waals surface area contributed by atoms with E-state index in [9.17, 15) is 0 Å². The molecule has 1 aliphatic heterocycles. The van der Waals surface area contributed by atoms with Crippen LogP contribution in [-0.4, -0.2) is 49.2 Å². The average Bonchev–Trinajstić information content (AvgIpc) is 2.58. The summed E-state index contributed by atoms with van der Waals surface area (Å²) in [6.07, 6.45) is 1.99. The monoisotopic (exact) mass is 340 g/mol. The molecule has 1 aliphatic rings. The van der Waals surface area contributed by atoms with Crippen LogP contribution in [0.5, 0.6) is 5.75 Å². The smallest absolute Gasteiger partial charge is 0.142 e. The van der Waals surface area contributed by atoms with Gasteiger partial charge in [0.1, 0.15) is 11.6 Å². The van der Waals surface area contributed by atoms with Gasteiger partial charge >= 0.3 is 0 Å². The lowest BCUT2D eigenvalue weighted by molar-refractivity contribution is 0.244. The fraction of sp³-hybridized carbons (Fsp3) is 0.450. The first-order chi connectivity index (χ1) is 11.9. The lowest BCUT2D eigenvalue weighted by Crippen LogP contribution is -2.44. The van der Waals surface area contributed by atoms with Gasteiger partial charge in [0.05, 0.1) is 11.8 Å². The Morgan fingerprint density at radius 3 is 2.52 bits per heavy atom. The minimum Gasteiger partial charge on any atom is -0.489 e. The van der Waals surface area contributed by atoms with E-state index in [0.29, 0.717) is 5.69 Å². The number of nitrogens with zero attached hydrogens (tertiary/aromatic N) is 3. The molecule has 5 nitrogen and oxygen atoms in total. The largest absolute Gasteiger partial charge is 0.489 e. The molecule has 0 radical (unpaired) electrons. The summed E-state index contributed by atoms with van der Waals surface area (Å²) in [5.41, 5.74) is 10.3. The topological polar surface area (TPSA) is 54.6 Å². The van der Waals surface area contributed by atoms with E-state index in [1.165, 1.54) is 0 Å². The lowest BCUT2D eigenvalue weighted by Gasteiger charge is -2.33. The first-order valence-corrected chi connectivity index (χ1v) is 8.90. The maximum atomic E-state index is 6.22. The van der Waals surface area contributed by atoms with Crippen LogP contribution in [0.4, 0.5) is 11.5 Å². The van der Waals surface area contributed by atoms with Crippen LogP contribution in [-0.2, 0) is 0 Å². The first-order valence-electron chi connectivity index (χ1n) is 8.90. The lowest BCUT2D eigenvalue weighted by atomic mass is 10.00. The van der Waals surface area contributed by atoms with Crippen molar-refractivity contribution in [2.45, 2.75) is 26.9 Å². The van der Waals surface area contributed by atoms with Crippen molar-refractivity contribution < 1.29 is 4.74 Å². The van der Waals surface area contributed by atoms with E-state index in [1.54, 1.807) is 0 Å². The fourth-order valence-electron chi connectivity index (χ4n) is 3.16. The van der Waals surface area contributed by atoms with Crippen LogP contribution < -0.4 is 15.4 Å². The minimum absolute atomic E-state index is 0.109. The summed E-state index contributed by atoms with van der Waals surface area (Å²) in [7, 11) is 2.16. The first kappa shape index (κ1) is 17.5. The average molecular weight is 340 g/mol. The molecule has 0 aliphatic carbocycles. The van der Waals surface area contributed by atoms with E-state index in [-0.39, 0.29) is 6.10 Å². The molecule has 3 rings (SSSR count). The highest BCUT2D eigenvalue weighted by molar-refractivity contribution is 5.75. The number of nitrogen functional groups attached to an aromatic ring is 1. The van der Waals surface area contributed by atoms with E-state index < -0.39 is 0 Å². The van der Waals surface area contributed by atoms with Crippen molar-refractivity contribution in [3.8, 4) is 16.9 Å². The number of benzene rings is 1. The van der Waals surface area contributed by atoms with E-state index in [1.807, 2.05) is 38.2 Å². The molecule has 0 unspecified atom stereocenters. The number of anilines is 2. The standard InChI is InChI=1S/C20H28N4O/c1-14(2)25-19-11-15(3)17(13-18(19)21)16-5-6-22-20(12-16)24-9-7-23(4)8-10-24/h5-6,11-14H,7-10,21H2,1-4H3. The molecule has 0 atom stereocenters. The molecule has 1 fully saturated rings. The molecule has 134 valence electrons. The molecule has 1 aromatic heterocycles. The van der Waals surface area contributed by atoms with Crippen LogP contribution in [0.3, 0.4) is 0 Å². The number of rotatable bonds is 4. The summed E-state index contributed by atoms with van der Waals surface area (Å²) in [5, 5.41) is 0. The number of aryl methyl sites for hydroxylation is 1. The van der Waals surface area contributed by atoms with Crippen molar-refractivity contribution in [2.24, 2.45) is 0 Å². The van der Waals surface area contributed by atoms with Gasteiger partial charge in [0.25, 0.3) is 0 Å². The zero-order valence-electron chi connectivity index (χ0n) is 15.6. The maximum absolute atomic E-state index is 6.22. The van der Waals surface area contributed by atoms with Crippen LogP contribution >= 0.6 is 0 Å². The third-order valence-electron chi connectivity index (χ3n) is 4.60. The van der Waals surface area contributed by atoms with Crippen molar-refractivity contribution in [1.29, 1.82) is 0 Å². The summed E-state index contributed by atoms with van der Waals surface area (Å²) >= 11 is 0. The molecule has 0 amide bonds. The molecule has 0 saturated carbocycles. The van der Waals surface area contributed by atoms with E-state index >= 15 is 0 Å². The second-order valence-electron chi connectivity index (χ2n) is 7.06. The molecular weight excluding hydrogens is 312 g/mol. The zero-order valence-corrected chi connectivity index (χ0v) is 15.6. The van der Waals surface area contributed by atoms with Gasteiger partial charge in [-0.3, -0.25) is 0 Å². The van der Waals surface area contributed by atoms with E-state index in [2.05, 4.69) is 34.8 Å². The number of hydrogen-bond acceptors (Lipinski definition) is 5. The number of aromatic nitrogens is 1. The Labute approximate surface area is 150 Å². The summed E-state index contributed by atoms with van der Waals surface area (Å²) in [5.74, 6) is 1.79. The van der Waals surface area contributed by atoms with E-state index in [4.69, 9.17) is 10.5 Å². The SMILES string of the molecule is Cc1cc(OC(C)C)c(N)cc1-c1ccnc(N2CCN(C)CC2)c1. The van der Waals surface area contributed by atoms with Gasteiger partial charge in [-0.05, 0) is 68.8 Å². The van der Waals surface area contributed by atoms with Crippen molar-refractivity contribution in [3.63, 3.8) is 0 Å². The van der Waals surface area contributed by atoms with Gasteiger partial charge in [0.15, 0.2) is 0 Å². The Kier molecular flexibility index (Phi) is 5.13. The summed E-state index contributed by atoms with van der Waals surface area (Å²) in [6, 6.07) is 8.25. The fourth-order valence-corrected chi connectivity index (χ4v) is 3.16. The van der Waals surface area contributed by atoms with Crippen LogP contribution in [0.25, 0.3) is 11.1 Å². The van der Waals surface area contributed by atoms with Gasteiger partial charge in [-0.1, -0.05) is 0 Å². The third kappa shape index (κ3) is 4.04. The third-order valence-corrected chi connectivity index (χ3v) is 4.60. The van der Waals surface area contributed by atoms with Crippen LogP contribution in [0.15, 0.2) is 30.5 Å². The van der Waals surface area contributed by atoms with Gasteiger partial charge in [-0.25, -0.2) is 4.98 Å². The van der Waals surface area contributed by atoms with Crippen LogP contribution in [0, 0.1) is 6.92 Å². The molecule has 0 spiro atoms. The highest BCUT2D eigenvalue weighted by atomic mass is 16.5. The van der Waals surface area contributed by atoms with Crippen molar-refractivity contribution >= 4 is 11.5 Å². The minimum atomic E-state index is 0.109. The van der Waals surface area contributed by atoms with Crippen molar-refractivity contribution in [3.05, 3.63) is 36.0 Å². The molecule has 0 bridgehead atoms. The molecule has 5 heteroatoms. The number of likely N-dealkylation sites (N-methyl/N-ethyl adjacent to an activating group) is 1. The number of ether oxygens (including phenoxy) is 1. The van der Waals surface area contributed by atoms with Gasteiger partial charge in [0.2, 0.25) is 0 Å². The molecule has 2 heterocycles. The molecule has 2 N–H and O–H groups in total. The van der Waals surface area contributed by atoms with Crippen molar-refractivity contribution in [1.82, 2.24) is 9.88 Å². The molecular formula is C20H28N4O. The molecule has 1 aromatic carbocycles. The van der Waals surface area contributed by atoms with Gasteiger partial charge in [-0.15, -0.1) is 0 Å². The Balaban J connectivity index is 1.89. The van der Waals surface area contributed by atoms with Gasteiger partial charge in [-0.2, -0.15) is 0 Å². The van der Waals surface area contributed by atoms with Crippen molar-refractivity contribution in [2.75, 3.05) is 43.9 Å². The Morgan fingerprint density at radius 2 is 1.84 bits per heavy atom. The number of nitrogens with two attached hydrogens (primary N) is 1. The molecule has 25 heavy (non-hydrogen) atoms. The maximum Gasteiger partial charge on any atom is 0.142 e. The Morgan fingerprint density at radius 1 is 1.12 bits per heavy atom. The number of pyridine rings is 1. The van der Waals surface area contributed by atoms with E-state index in [0.717, 1.165) is 54.4 Å². The normalized spacial score (nSPS) is 15.6. The summed E-state index contributed by atoms with van der Waals surface area (Å²) < 4.78 is 5.80. The zero-order chi connectivity index (χ0) is 18.0. The van der Waals surface area contributed by atoms with Crippen LogP contribution in [0.2, 0.25) is 0 Å². The quantitative estimate of drug-likeness (QED) is 0.867. The predicted octanol–water partition coefficient (Wildman–Crippen LogP) is 3.18. The second-order valence-corrected chi connectivity index (χ2v) is 7.06. The second kappa shape index (κ2) is 7.31. The highest BCUT2D eigenvalue weighted by Gasteiger charge is 2.16. The number of hydrogen-bond donors (Lipinski definition) is 1. The molecule has 1 saturated heterocycles. The van der Waals surface area contributed by atoms with Gasteiger partial charge < -0.3 is 20.3 Å². The Bertz CT molecular complexity index is 736. The predicted molar refractivity (Wildman–Crippen MR) is 104 cm³/mol. The van der Waals surface area contributed by atoms with Gasteiger partial charge in [0, 0.05) is 32.4 Å². The highest BCUT2D eigenvalue weighted by Crippen LogP contribution is 2.33. The summed E-state index contributed by atoms with van der Waals surface area (Å²) in [4.78, 5) is 9.27. The van der Waals surface area contributed by atoms with Crippen LogP contribution in [0.1, 0.15) is 19.4 Å². The Hall–Kier alpha value is -2.27.